The second-order valence-electron chi connectivity index (χ2n) is 21.5. The predicted molar refractivity (Wildman–Crippen MR) is 260 cm³/mol. The Balaban J connectivity index is 1.33. The van der Waals surface area contributed by atoms with Gasteiger partial charge >= 0.3 is 0 Å². The van der Waals surface area contributed by atoms with E-state index in [-0.39, 0.29) is 28.4 Å². The Morgan fingerprint density at radius 1 is 0.542 bits per heavy atom. The van der Waals surface area contributed by atoms with Crippen LogP contribution in [0.2, 0.25) is 0 Å². The summed E-state index contributed by atoms with van der Waals surface area (Å²) in [5.74, 6) is 0. The number of fused-ring (bicyclic) bond motifs is 9. The first-order valence-corrected chi connectivity index (χ1v) is 22.7. The topological polar surface area (TPSA) is 6.48 Å². The van der Waals surface area contributed by atoms with Crippen molar-refractivity contribution < 1.29 is 0 Å². The molecule has 0 N–H and O–H groups in total. The average molecular weight is 791 g/mol. The zero-order valence-electron chi connectivity index (χ0n) is 37.5. The first-order chi connectivity index (χ1) is 27.7. The molecule has 0 saturated carbocycles. The van der Waals surface area contributed by atoms with Crippen molar-refractivity contribution in [3.05, 3.63) is 136 Å². The van der Waals surface area contributed by atoms with Gasteiger partial charge in [-0.3, -0.25) is 0 Å². The van der Waals surface area contributed by atoms with Crippen LogP contribution in [0.1, 0.15) is 121 Å². The van der Waals surface area contributed by atoms with E-state index in [0.717, 1.165) is 0 Å². The molecular weight excluding hydrogens is 731 g/mol. The Morgan fingerprint density at radius 2 is 1.17 bits per heavy atom. The third kappa shape index (κ3) is 5.72. The molecule has 1 aliphatic carbocycles. The van der Waals surface area contributed by atoms with Crippen LogP contribution in [0.15, 0.2) is 97.1 Å². The Bertz CT molecular complexity index is 2910. The van der Waals surface area contributed by atoms with Gasteiger partial charge in [-0.2, -0.15) is 0 Å². The molecule has 0 spiro atoms. The molecule has 298 valence electrons. The van der Waals surface area contributed by atoms with Gasteiger partial charge in [0.25, 0.3) is 6.71 Å². The first kappa shape index (κ1) is 38.4. The molecule has 1 aromatic heterocycles. The minimum absolute atomic E-state index is 0.00153. The maximum atomic E-state index is 2.66. The van der Waals surface area contributed by atoms with Crippen LogP contribution in [0.5, 0.6) is 0 Å². The molecule has 0 saturated heterocycles. The van der Waals surface area contributed by atoms with Gasteiger partial charge in [0.05, 0.1) is 10.4 Å². The molecule has 2 aliphatic heterocycles. The fourth-order valence-corrected chi connectivity index (χ4v) is 11.9. The Labute approximate surface area is 357 Å². The lowest BCUT2D eigenvalue weighted by Gasteiger charge is -2.46. The van der Waals surface area contributed by atoms with Crippen molar-refractivity contribution in [1.29, 1.82) is 0 Å². The minimum Gasteiger partial charge on any atom is -0.311 e. The molecule has 0 bridgehead atoms. The highest BCUT2D eigenvalue weighted by atomic mass is 32.1. The van der Waals surface area contributed by atoms with Crippen LogP contribution in [0, 0.1) is 20.8 Å². The van der Waals surface area contributed by atoms with Crippen LogP contribution in [-0.4, -0.2) is 6.71 Å². The maximum Gasteiger partial charge on any atom is 0.252 e. The minimum atomic E-state index is -0.00153. The van der Waals surface area contributed by atoms with E-state index in [1.54, 1.807) is 0 Å². The number of para-hydroxylation sites is 1. The van der Waals surface area contributed by atoms with Crippen LogP contribution in [0.25, 0.3) is 20.2 Å². The van der Waals surface area contributed by atoms with Crippen LogP contribution < -0.4 is 26.2 Å². The van der Waals surface area contributed by atoms with Crippen LogP contribution in [0.4, 0.5) is 34.1 Å². The van der Waals surface area contributed by atoms with Gasteiger partial charge in [-0.1, -0.05) is 124 Å². The summed E-state index contributed by atoms with van der Waals surface area (Å²) in [4.78, 5) is 5.31. The number of anilines is 6. The molecule has 4 heteroatoms. The average Bonchev–Trinajstić information content (AvgIpc) is 3.54. The number of aryl methyl sites for hydroxylation is 3. The summed E-state index contributed by atoms with van der Waals surface area (Å²) in [6.07, 6.45) is 2.40. The fourth-order valence-electron chi connectivity index (χ4n) is 10.7. The van der Waals surface area contributed by atoms with E-state index in [1.807, 2.05) is 11.3 Å². The zero-order chi connectivity index (χ0) is 41.7. The van der Waals surface area contributed by atoms with Crippen LogP contribution in [0.3, 0.4) is 0 Å². The summed E-state index contributed by atoms with van der Waals surface area (Å²) in [6, 6.07) is 38.6. The number of hydrogen-bond donors (Lipinski definition) is 0. The molecule has 0 fully saturated rings. The summed E-state index contributed by atoms with van der Waals surface area (Å²) in [6.45, 7) is 30.8. The predicted octanol–water partition coefficient (Wildman–Crippen LogP) is 14.0. The van der Waals surface area contributed by atoms with Crippen LogP contribution in [-0.2, 0) is 21.7 Å². The Kier molecular flexibility index (Phi) is 8.21. The van der Waals surface area contributed by atoms with Gasteiger partial charge in [-0.05, 0) is 153 Å². The number of benzene rings is 6. The third-order valence-electron chi connectivity index (χ3n) is 14.3. The highest BCUT2D eigenvalue weighted by Crippen LogP contribution is 2.53. The molecule has 0 atom stereocenters. The van der Waals surface area contributed by atoms with E-state index in [1.165, 1.54) is 122 Å². The molecule has 59 heavy (non-hydrogen) atoms. The maximum absolute atomic E-state index is 2.66. The normalized spacial score (nSPS) is 16.6. The molecule has 10 rings (SSSR count). The van der Waals surface area contributed by atoms with Crippen molar-refractivity contribution in [3.8, 4) is 0 Å². The van der Waals surface area contributed by atoms with E-state index in [2.05, 4.69) is 197 Å². The fraction of sp³-hybridized carbons (Fsp3) is 0.345. The first-order valence-electron chi connectivity index (χ1n) is 21.8. The zero-order valence-corrected chi connectivity index (χ0v) is 38.3. The van der Waals surface area contributed by atoms with E-state index in [4.69, 9.17) is 0 Å². The van der Waals surface area contributed by atoms with Crippen molar-refractivity contribution in [2.45, 2.75) is 125 Å². The monoisotopic (exact) mass is 790 g/mol. The number of rotatable bonds is 2. The van der Waals surface area contributed by atoms with Gasteiger partial charge in [0.2, 0.25) is 0 Å². The van der Waals surface area contributed by atoms with Crippen molar-refractivity contribution in [1.82, 2.24) is 0 Å². The largest absolute Gasteiger partial charge is 0.311 e. The van der Waals surface area contributed by atoms with Gasteiger partial charge < -0.3 is 9.80 Å². The number of hydrogen-bond acceptors (Lipinski definition) is 3. The van der Waals surface area contributed by atoms with Crippen molar-refractivity contribution in [3.63, 3.8) is 0 Å². The molecule has 3 aliphatic rings. The molecule has 0 radical (unpaired) electrons. The molecule has 6 aromatic carbocycles. The quantitative estimate of drug-likeness (QED) is 0.161. The number of nitrogens with zero attached hydrogens (tertiary/aromatic N) is 2. The number of thiophene rings is 1. The van der Waals surface area contributed by atoms with E-state index < -0.39 is 0 Å². The summed E-state index contributed by atoms with van der Waals surface area (Å²) in [7, 11) is 0. The second-order valence-corrected chi connectivity index (χ2v) is 22.6. The lowest BCUT2D eigenvalue weighted by Crippen LogP contribution is -2.61. The van der Waals surface area contributed by atoms with Gasteiger partial charge in [-0.25, -0.2) is 0 Å². The smallest absolute Gasteiger partial charge is 0.252 e. The lowest BCUT2D eigenvalue weighted by atomic mass is 9.33. The van der Waals surface area contributed by atoms with Gasteiger partial charge in [0.15, 0.2) is 0 Å². The van der Waals surface area contributed by atoms with Crippen molar-refractivity contribution in [2.24, 2.45) is 0 Å². The Hall–Kier alpha value is -4.80. The van der Waals surface area contributed by atoms with E-state index >= 15 is 0 Å². The van der Waals surface area contributed by atoms with Crippen molar-refractivity contribution in [2.75, 3.05) is 9.80 Å². The van der Waals surface area contributed by atoms with Gasteiger partial charge in [0.1, 0.15) is 0 Å². The molecule has 0 unspecified atom stereocenters. The summed E-state index contributed by atoms with van der Waals surface area (Å²) in [5.41, 5.74) is 21.9. The molecule has 3 heterocycles. The van der Waals surface area contributed by atoms with Crippen molar-refractivity contribution >= 4 is 88.7 Å². The standard InChI is InChI=1S/C55H59BN2S/c1-32-26-46-49-47(27-32)58(43-17-15-14-16-33(43)2)50-41(21-20-37-38-29-35(52(4,5)6)19-23-48(38)59-51(37)50)56(49)42-30-36(53(7,8)9)18-22-44(42)57(46)45-31-40-39(28-34(45)3)54(10,11)24-25-55(40,12)13/h14-23,26-31H,24-25H2,1-13H3. The van der Waals surface area contributed by atoms with Crippen LogP contribution >= 0.6 is 11.3 Å². The third-order valence-corrected chi connectivity index (χ3v) is 15.5. The Morgan fingerprint density at radius 3 is 1.85 bits per heavy atom. The molecule has 2 nitrogen and oxygen atoms in total. The summed E-state index contributed by atoms with van der Waals surface area (Å²) >= 11 is 1.96. The summed E-state index contributed by atoms with van der Waals surface area (Å²) in [5, 5.41) is 2.71. The second kappa shape index (κ2) is 12.6. The molecular formula is C55H59BN2S. The lowest BCUT2D eigenvalue weighted by molar-refractivity contribution is 0.332. The van der Waals surface area contributed by atoms with E-state index in [0.29, 0.717) is 0 Å². The molecule has 7 aromatic rings. The highest BCUT2D eigenvalue weighted by molar-refractivity contribution is 7.26. The summed E-state index contributed by atoms with van der Waals surface area (Å²) < 4.78 is 2.72. The van der Waals surface area contributed by atoms with E-state index in [9.17, 15) is 0 Å². The highest BCUT2D eigenvalue weighted by Gasteiger charge is 2.46. The van der Waals surface area contributed by atoms with Gasteiger partial charge in [-0.15, -0.1) is 11.3 Å². The molecule has 0 amide bonds. The SMILES string of the molecule is Cc1cc2c3c(c1)N(c1ccccc1C)c1c(ccc4c1sc1ccc(C(C)(C)C)cc14)B3c1cc(C(C)(C)C)ccc1N2c1cc2c(cc1C)C(C)(C)CCC2(C)C. The van der Waals surface area contributed by atoms with Gasteiger partial charge in [0, 0.05) is 43.9 Å².